The van der Waals surface area contributed by atoms with E-state index >= 15 is 0 Å². The van der Waals surface area contributed by atoms with E-state index in [2.05, 4.69) is 26.0 Å². The van der Waals surface area contributed by atoms with Crippen LogP contribution in [0.5, 0.6) is 0 Å². The highest BCUT2D eigenvalue weighted by Gasteiger charge is 2.42. The van der Waals surface area contributed by atoms with Gasteiger partial charge in [0.05, 0.1) is 91.4 Å². The molecule has 0 spiro atoms. The minimum Gasteiger partial charge on any atom is -0.379 e. The Morgan fingerprint density at radius 1 is 0.872 bits per heavy atom. The van der Waals surface area contributed by atoms with Crippen molar-refractivity contribution in [2.24, 2.45) is 5.11 Å². The monoisotopic (exact) mass is 576 g/mol. The van der Waals surface area contributed by atoms with Crippen LogP contribution in [0.25, 0.3) is 10.4 Å². The quantitative estimate of drug-likeness (QED) is 0.0450. The van der Waals surface area contributed by atoms with Gasteiger partial charge in [0.1, 0.15) is 0 Å². The number of unbranched alkanes of at least 4 members (excludes halogenated alkanes) is 1. The summed E-state index contributed by atoms with van der Waals surface area (Å²) < 4.78 is 32.3. The van der Waals surface area contributed by atoms with E-state index in [1.165, 1.54) is 0 Å². The van der Waals surface area contributed by atoms with Crippen LogP contribution < -0.4 is 16.0 Å². The molecule has 0 aliphatic carbocycles. The van der Waals surface area contributed by atoms with Gasteiger partial charge in [0, 0.05) is 35.4 Å². The Hall–Kier alpha value is -1.84. The molecule has 0 aromatic carbocycles. The van der Waals surface area contributed by atoms with Gasteiger partial charge in [-0.25, -0.2) is 4.79 Å². The molecule has 2 aliphatic rings. The molecule has 2 fully saturated rings. The normalized spacial score (nSPS) is 19.8. The second-order valence-corrected chi connectivity index (χ2v) is 10.1. The molecule has 224 valence electrons. The maximum Gasteiger partial charge on any atom is 0.315 e. The summed E-state index contributed by atoms with van der Waals surface area (Å²) in [4.78, 5) is 26.0. The number of fused-ring (bicyclic) bond motifs is 1. The van der Waals surface area contributed by atoms with E-state index in [1.54, 1.807) is 0 Å². The van der Waals surface area contributed by atoms with E-state index in [0.717, 1.165) is 25.0 Å². The summed E-state index contributed by atoms with van der Waals surface area (Å²) >= 11 is 1.90. The number of thioether (sulfide) groups is 1. The van der Waals surface area contributed by atoms with Gasteiger partial charge in [-0.05, 0) is 18.4 Å². The van der Waals surface area contributed by atoms with Crippen molar-refractivity contribution in [1.82, 2.24) is 16.0 Å². The molecule has 0 saturated carbocycles. The van der Waals surface area contributed by atoms with Crippen LogP contribution in [0.2, 0.25) is 0 Å². The van der Waals surface area contributed by atoms with E-state index in [1.807, 2.05) is 11.8 Å². The lowest BCUT2D eigenvalue weighted by molar-refractivity contribution is -0.121. The maximum absolute atomic E-state index is 12.0. The molecule has 0 bridgehead atoms. The summed E-state index contributed by atoms with van der Waals surface area (Å²) in [5, 5.41) is 12.6. The SMILES string of the molecule is [N-]=[N+]=NCCOCCOCCOCCOCCOCCOCCNC(=O)CCCCC1SCC2NC(=O)NC21. The number of rotatable bonds is 26. The van der Waals surface area contributed by atoms with Crippen molar-refractivity contribution in [3.63, 3.8) is 0 Å². The summed E-state index contributed by atoms with van der Waals surface area (Å²) in [5.41, 5.74) is 8.12. The zero-order valence-electron chi connectivity index (χ0n) is 22.7. The fourth-order valence-corrected chi connectivity index (χ4v) is 5.52. The molecule has 0 aromatic rings. The minimum absolute atomic E-state index is 0.0428. The van der Waals surface area contributed by atoms with Crippen LogP contribution in [0, 0.1) is 0 Å². The molecule has 15 heteroatoms. The van der Waals surface area contributed by atoms with E-state index in [0.29, 0.717) is 104 Å². The van der Waals surface area contributed by atoms with E-state index < -0.39 is 0 Å². The van der Waals surface area contributed by atoms with Crippen molar-refractivity contribution < 1.29 is 38.0 Å². The zero-order chi connectivity index (χ0) is 27.8. The number of amides is 3. The number of azide groups is 1. The number of nitrogens with one attached hydrogen (secondary N) is 3. The maximum atomic E-state index is 12.0. The number of hydrogen-bond donors (Lipinski definition) is 3. The van der Waals surface area contributed by atoms with Gasteiger partial charge in [0.2, 0.25) is 5.91 Å². The lowest BCUT2D eigenvalue weighted by Gasteiger charge is -2.16. The van der Waals surface area contributed by atoms with E-state index in [-0.39, 0.29) is 24.0 Å². The van der Waals surface area contributed by atoms with Crippen molar-refractivity contribution >= 4 is 23.7 Å². The van der Waals surface area contributed by atoms with Crippen molar-refractivity contribution in [3.8, 4) is 0 Å². The molecular weight excluding hydrogens is 532 g/mol. The average Bonchev–Trinajstić information content (AvgIpc) is 3.48. The fraction of sp³-hybridized carbons (Fsp3) is 0.917. The van der Waals surface area contributed by atoms with Crippen LogP contribution in [0.15, 0.2) is 5.11 Å². The second kappa shape index (κ2) is 22.9. The highest BCUT2D eigenvalue weighted by atomic mass is 32.2. The Kier molecular flexibility index (Phi) is 19.6. The van der Waals surface area contributed by atoms with Crippen LogP contribution in [-0.4, -0.2) is 127 Å². The van der Waals surface area contributed by atoms with E-state index in [9.17, 15) is 9.59 Å². The lowest BCUT2D eigenvalue weighted by Crippen LogP contribution is -2.36. The summed E-state index contributed by atoms with van der Waals surface area (Å²) in [6, 6.07) is 0.414. The molecule has 39 heavy (non-hydrogen) atoms. The molecule has 14 nitrogen and oxygen atoms in total. The van der Waals surface area contributed by atoms with Crippen LogP contribution >= 0.6 is 11.8 Å². The van der Waals surface area contributed by atoms with E-state index in [4.69, 9.17) is 34.0 Å². The van der Waals surface area contributed by atoms with Gasteiger partial charge in [-0.3, -0.25) is 4.79 Å². The third kappa shape index (κ3) is 16.8. The van der Waals surface area contributed by atoms with Crippen molar-refractivity contribution in [3.05, 3.63) is 10.4 Å². The van der Waals surface area contributed by atoms with Crippen LogP contribution in [0.3, 0.4) is 0 Å². The number of carbonyl (C=O) groups is 2. The largest absolute Gasteiger partial charge is 0.379 e. The highest BCUT2D eigenvalue weighted by Crippen LogP contribution is 2.33. The van der Waals surface area contributed by atoms with Crippen molar-refractivity contribution in [2.75, 3.05) is 98.1 Å². The first-order chi connectivity index (χ1) is 19.2. The topological polar surface area (TPSA) is 174 Å². The Bertz CT molecular complexity index is 718. The summed E-state index contributed by atoms with van der Waals surface area (Å²) in [6.45, 7) is 6.40. The second-order valence-electron chi connectivity index (χ2n) is 8.85. The molecule has 3 unspecified atom stereocenters. The predicted molar refractivity (Wildman–Crippen MR) is 146 cm³/mol. The van der Waals surface area contributed by atoms with Crippen molar-refractivity contribution in [1.29, 1.82) is 0 Å². The first-order valence-corrected chi connectivity index (χ1v) is 14.7. The van der Waals surface area contributed by atoms with Gasteiger partial charge in [0.25, 0.3) is 0 Å². The molecule has 2 rings (SSSR count). The first-order valence-electron chi connectivity index (χ1n) is 13.6. The Labute approximate surface area is 234 Å². The van der Waals surface area contributed by atoms with Gasteiger partial charge in [-0.1, -0.05) is 11.5 Å². The van der Waals surface area contributed by atoms with Crippen LogP contribution in [-0.2, 0) is 33.2 Å². The summed E-state index contributed by atoms with van der Waals surface area (Å²) in [6.07, 6.45) is 3.34. The molecular formula is C24H44N6O8S. The number of ether oxygens (including phenoxy) is 6. The number of nitrogens with zero attached hydrogens (tertiary/aromatic N) is 3. The molecule has 2 saturated heterocycles. The predicted octanol–water partition coefficient (Wildman–Crippen LogP) is 1.24. The molecule has 2 aliphatic heterocycles. The standard InChI is InChI=1S/C24H44N6O8S/c25-30-27-6-8-34-10-12-36-14-16-38-18-17-37-15-13-35-11-9-33-7-5-26-22(31)4-2-1-3-21-23-20(19-39-21)28-24(32)29-23/h20-21,23H,1-19H2,(H,26,31)(H2,28,29,32). The van der Waals surface area contributed by atoms with Crippen LogP contribution in [0.4, 0.5) is 4.79 Å². The zero-order valence-corrected chi connectivity index (χ0v) is 23.5. The summed E-state index contributed by atoms with van der Waals surface area (Å²) in [7, 11) is 0. The number of hydrogen-bond acceptors (Lipinski definition) is 10. The third-order valence-corrected chi connectivity index (χ3v) is 7.42. The minimum atomic E-state index is -0.0604. The Morgan fingerprint density at radius 3 is 2.03 bits per heavy atom. The number of carbonyl (C=O) groups excluding carboxylic acids is 2. The van der Waals surface area contributed by atoms with Gasteiger partial charge in [-0.2, -0.15) is 11.8 Å². The lowest BCUT2D eigenvalue weighted by atomic mass is 10.0. The smallest absolute Gasteiger partial charge is 0.315 e. The molecule has 0 aromatic heterocycles. The molecule has 3 N–H and O–H groups in total. The first kappa shape index (κ1) is 33.4. The van der Waals surface area contributed by atoms with Gasteiger partial charge < -0.3 is 44.4 Å². The molecule has 2 heterocycles. The molecule has 3 atom stereocenters. The fourth-order valence-electron chi connectivity index (χ4n) is 3.98. The van der Waals surface area contributed by atoms with Gasteiger partial charge >= 0.3 is 6.03 Å². The third-order valence-electron chi connectivity index (χ3n) is 5.91. The number of urea groups is 1. The van der Waals surface area contributed by atoms with Crippen molar-refractivity contribution in [2.45, 2.75) is 43.0 Å². The van der Waals surface area contributed by atoms with Crippen LogP contribution in [0.1, 0.15) is 25.7 Å². The van der Waals surface area contributed by atoms with Gasteiger partial charge in [-0.15, -0.1) is 0 Å². The molecule has 0 radical (unpaired) electrons. The van der Waals surface area contributed by atoms with Gasteiger partial charge in [0.15, 0.2) is 0 Å². The summed E-state index contributed by atoms with van der Waals surface area (Å²) in [5.74, 6) is 1.00. The Morgan fingerprint density at radius 2 is 1.44 bits per heavy atom. The molecule has 3 amide bonds. The average molecular weight is 577 g/mol. The Balaban J connectivity index is 1.22. The highest BCUT2D eigenvalue weighted by molar-refractivity contribution is 8.00.